The van der Waals surface area contributed by atoms with Crippen LogP contribution in [0, 0.1) is 10.1 Å². The van der Waals surface area contributed by atoms with Gasteiger partial charge in [0.1, 0.15) is 0 Å². The van der Waals surface area contributed by atoms with Gasteiger partial charge in [0, 0.05) is 23.4 Å². The summed E-state index contributed by atoms with van der Waals surface area (Å²) in [6, 6.07) is 11.2. The molecular weight excluding hydrogens is 374 g/mol. The molecule has 0 bridgehead atoms. The highest BCUT2D eigenvalue weighted by Gasteiger charge is 2.12. The first-order valence-corrected chi connectivity index (χ1v) is 9.31. The van der Waals surface area contributed by atoms with E-state index in [-0.39, 0.29) is 23.1 Å². The van der Waals surface area contributed by atoms with Gasteiger partial charge in [-0.05, 0) is 25.1 Å². The number of non-ortho nitro benzene ring substituents is 1. The van der Waals surface area contributed by atoms with Gasteiger partial charge in [0.2, 0.25) is 5.91 Å². The van der Waals surface area contributed by atoms with E-state index in [1.165, 1.54) is 42.2 Å². The SMILES string of the molecule is CC(=O)c1cccc(NC(=O)CSc2nc3ccc([N+](=O)[O-])cc3s2)c1. The number of carbonyl (C=O) groups is 2. The zero-order chi connectivity index (χ0) is 18.7. The maximum atomic E-state index is 12.1. The number of aromatic nitrogens is 1. The quantitative estimate of drug-likeness (QED) is 0.295. The van der Waals surface area contributed by atoms with E-state index < -0.39 is 4.92 Å². The first-order chi connectivity index (χ1) is 12.4. The largest absolute Gasteiger partial charge is 0.325 e. The molecule has 1 amide bonds. The van der Waals surface area contributed by atoms with E-state index in [2.05, 4.69) is 10.3 Å². The van der Waals surface area contributed by atoms with Crippen LogP contribution >= 0.6 is 23.1 Å². The molecule has 7 nitrogen and oxygen atoms in total. The molecule has 1 N–H and O–H groups in total. The van der Waals surface area contributed by atoms with E-state index in [0.29, 0.717) is 25.8 Å². The topological polar surface area (TPSA) is 102 Å². The monoisotopic (exact) mass is 387 g/mol. The van der Waals surface area contributed by atoms with Crippen molar-refractivity contribution < 1.29 is 14.5 Å². The van der Waals surface area contributed by atoms with Crippen LogP contribution in [-0.4, -0.2) is 27.4 Å². The summed E-state index contributed by atoms with van der Waals surface area (Å²) < 4.78 is 1.37. The molecule has 0 fully saturated rings. The van der Waals surface area contributed by atoms with E-state index in [9.17, 15) is 19.7 Å². The van der Waals surface area contributed by atoms with Crippen LogP contribution in [0.15, 0.2) is 46.8 Å². The van der Waals surface area contributed by atoms with Crippen molar-refractivity contribution in [2.75, 3.05) is 11.1 Å². The van der Waals surface area contributed by atoms with Gasteiger partial charge in [-0.3, -0.25) is 19.7 Å². The molecule has 1 heterocycles. The number of nitrogens with zero attached hydrogens (tertiary/aromatic N) is 2. The third-order valence-electron chi connectivity index (χ3n) is 3.44. The zero-order valence-electron chi connectivity index (χ0n) is 13.6. The maximum absolute atomic E-state index is 12.1. The molecule has 26 heavy (non-hydrogen) atoms. The van der Waals surface area contributed by atoms with Gasteiger partial charge in [-0.25, -0.2) is 4.98 Å². The summed E-state index contributed by atoms with van der Waals surface area (Å²) in [5.41, 5.74) is 1.77. The minimum atomic E-state index is -0.450. The molecule has 0 unspecified atom stereocenters. The lowest BCUT2D eigenvalue weighted by Crippen LogP contribution is -2.14. The van der Waals surface area contributed by atoms with Crippen LogP contribution in [0.2, 0.25) is 0 Å². The van der Waals surface area contributed by atoms with Gasteiger partial charge < -0.3 is 5.32 Å². The summed E-state index contributed by atoms with van der Waals surface area (Å²) >= 11 is 2.56. The van der Waals surface area contributed by atoms with Gasteiger partial charge in [0.25, 0.3) is 5.69 Å². The van der Waals surface area contributed by atoms with E-state index in [1.54, 1.807) is 30.3 Å². The predicted octanol–water partition coefficient (Wildman–Crippen LogP) is 4.14. The van der Waals surface area contributed by atoms with Crippen LogP contribution in [0.1, 0.15) is 17.3 Å². The van der Waals surface area contributed by atoms with Crippen LogP contribution in [0.3, 0.4) is 0 Å². The Kier molecular flexibility index (Phi) is 5.29. The lowest BCUT2D eigenvalue weighted by atomic mass is 10.1. The molecule has 0 aliphatic carbocycles. The molecule has 132 valence electrons. The van der Waals surface area contributed by atoms with E-state index in [4.69, 9.17) is 0 Å². The number of nitrogens with one attached hydrogen (secondary N) is 1. The molecule has 0 atom stereocenters. The number of Topliss-reactive ketones (excluding diaryl/α,β-unsaturated/α-hetero) is 1. The van der Waals surface area contributed by atoms with Crippen molar-refractivity contribution in [2.45, 2.75) is 11.3 Å². The van der Waals surface area contributed by atoms with E-state index in [1.807, 2.05) is 0 Å². The Bertz CT molecular complexity index is 1020. The number of hydrogen-bond acceptors (Lipinski definition) is 7. The summed E-state index contributed by atoms with van der Waals surface area (Å²) in [7, 11) is 0. The maximum Gasteiger partial charge on any atom is 0.270 e. The summed E-state index contributed by atoms with van der Waals surface area (Å²) in [5.74, 6) is -0.147. The minimum Gasteiger partial charge on any atom is -0.325 e. The Morgan fingerprint density at radius 1 is 1.27 bits per heavy atom. The molecule has 1 aromatic heterocycles. The van der Waals surface area contributed by atoms with Crippen LogP contribution in [0.4, 0.5) is 11.4 Å². The number of nitro groups is 1. The van der Waals surface area contributed by atoms with E-state index >= 15 is 0 Å². The average molecular weight is 387 g/mol. The normalized spacial score (nSPS) is 10.7. The molecule has 0 saturated heterocycles. The fourth-order valence-electron chi connectivity index (χ4n) is 2.21. The first kappa shape index (κ1) is 18.0. The van der Waals surface area contributed by atoms with Gasteiger partial charge >= 0.3 is 0 Å². The van der Waals surface area contributed by atoms with Crippen molar-refractivity contribution in [3.8, 4) is 0 Å². The van der Waals surface area contributed by atoms with Crippen molar-refractivity contribution in [1.82, 2.24) is 4.98 Å². The lowest BCUT2D eigenvalue weighted by Gasteiger charge is -2.05. The number of thiazole rings is 1. The number of benzene rings is 2. The number of ketones is 1. The van der Waals surface area contributed by atoms with Crippen LogP contribution in [0.25, 0.3) is 10.2 Å². The van der Waals surface area contributed by atoms with Crippen molar-refractivity contribution in [3.63, 3.8) is 0 Å². The van der Waals surface area contributed by atoms with Crippen LogP contribution in [-0.2, 0) is 4.79 Å². The highest BCUT2D eigenvalue weighted by atomic mass is 32.2. The molecule has 2 aromatic carbocycles. The second-order valence-corrected chi connectivity index (χ2v) is 7.62. The number of hydrogen-bond donors (Lipinski definition) is 1. The van der Waals surface area contributed by atoms with Crippen LogP contribution < -0.4 is 5.32 Å². The first-order valence-electron chi connectivity index (χ1n) is 7.51. The molecule has 9 heteroatoms. The lowest BCUT2D eigenvalue weighted by molar-refractivity contribution is -0.384. The third kappa shape index (κ3) is 4.24. The second-order valence-electron chi connectivity index (χ2n) is 5.36. The zero-order valence-corrected chi connectivity index (χ0v) is 15.2. The summed E-state index contributed by atoms with van der Waals surface area (Å²) in [6.07, 6.45) is 0. The van der Waals surface area contributed by atoms with Crippen molar-refractivity contribution >= 4 is 56.4 Å². The molecular formula is C17H13N3O4S2. The number of rotatable bonds is 6. The second kappa shape index (κ2) is 7.63. The van der Waals surface area contributed by atoms with Gasteiger partial charge in [-0.15, -0.1) is 11.3 Å². The number of fused-ring (bicyclic) bond motifs is 1. The predicted molar refractivity (Wildman–Crippen MR) is 102 cm³/mol. The number of thioether (sulfide) groups is 1. The average Bonchev–Trinajstić information content (AvgIpc) is 3.02. The molecule has 0 spiro atoms. The van der Waals surface area contributed by atoms with Crippen molar-refractivity contribution in [2.24, 2.45) is 0 Å². The fourth-order valence-corrected chi connectivity index (χ4v) is 4.11. The summed E-state index contributed by atoms with van der Waals surface area (Å²) in [6.45, 7) is 1.47. The molecule has 0 saturated carbocycles. The smallest absolute Gasteiger partial charge is 0.270 e. The Hall–Kier alpha value is -2.78. The number of nitro benzene ring substituents is 1. The fraction of sp³-hybridized carbons (Fsp3) is 0.118. The molecule has 0 aliphatic heterocycles. The Morgan fingerprint density at radius 3 is 2.81 bits per heavy atom. The molecule has 0 aliphatic rings. The van der Waals surface area contributed by atoms with Crippen molar-refractivity contribution in [3.05, 3.63) is 58.1 Å². The minimum absolute atomic E-state index is 0.0146. The van der Waals surface area contributed by atoms with Gasteiger partial charge in [0.05, 0.1) is 20.9 Å². The number of amides is 1. The standard InChI is InChI=1S/C17H13N3O4S2/c1-10(21)11-3-2-4-12(7-11)18-16(22)9-25-17-19-14-6-5-13(20(23)24)8-15(14)26-17/h2-8H,9H2,1H3,(H,18,22). The highest BCUT2D eigenvalue weighted by Crippen LogP contribution is 2.31. The Morgan fingerprint density at radius 2 is 2.08 bits per heavy atom. The van der Waals surface area contributed by atoms with E-state index in [0.717, 1.165) is 0 Å². The van der Waals surface area contributed by atoms with Gasteiger partial charge in [0.15, 0.2) is 10.1 Å². The molecule has 3 rings (SSSR count). The Labute approximate surface area is 156 Å². The number of carbonyl (C=O) groups excluding carboxylic acids is 2. The highest BCUT2D eigenvalue weighted by molar-refractivity contribution is 8.01. The Balaban J connectivity index is 1.64. The van der Waals surface area contributed by atoms with Gasteiger partial charge in [-0.1, -0.05) is 23.9 Å². The molecule has 0 radical (unpaired) electrons. The van der Waals surface area contributed by atoms with Gasteiger partial charge in [-0.2, -0.15) is 0 Å². The third-order valence-corrected chi connectivity index (χ3v) is 5.60. The van der Waals surface area contributed by atoms with Crippen LogP contribution in [0.5, 0.6) is 0 Å². The summed E-state index contributed by atoms with van der Waals surface area (Å²) in [4.78, 5) is 38.2. The van der Waals surface area contributed by atoms with Crippen molar-refractivity contribution in [1.29, 1.82) is 0 Å². The molecule has 3 aromatic rings. The summed E-state index contributed by atoms with van der Waals surface area (Å²) in [5, 5.41) is 13.6. The number of anilines is 1.